The van der Waals surface area contributed by atoms with Gasteiger partial charge in [0.15, 0.2) is 5.70 Å². The number of benzene rings is 1. The van der Waals surface area contributed by atoms with Crippen molar-refractivity contribution in [3.05, 3.63) is 34.7 Å². The third kappa shape index (κ3) is 4.67. The number of aliphatic carboxylic acids is 1. The zero-order valence-corrected chi connectivity index (χ0v) is 16.2. The SMILES string of the molecule is CONC1=COC(=O)c2c(C)c(OC)cc(O)c2CSC[C@@H](C(=O)O)NC1=O. The molecule has 1 heterocycles. The van der Waals surface area contributed by atoms with Gasteiger partial charge in [-0.15, -0.1) is 0 Å². The standard InChI is InChI=1S/C17H20N2O8S/c1-8-13(25-2)4-12(20)9-6-28-7-11(16(22)23)18-15(21)10(19-26-3)5-27-17(24)14(8)9/h4-5,11,19-20H,6-7H2,1-3H3,(H,18,21)(H,22,23)/t11-/m0/s1. The summed E-state index contributed by atoms with van der Waals surface area (Å²) in [5, 5.41) is 22.0. The first-order chi connectivity index (χ1) is 13.3. The van der Waals surface area contributed by atoms with Gasteiger partial charge in [-0.1, -0.05) is 0 Å². The van der Waals surface area contributed by atoms with Gasteiger partial charge in [-0.2, -0.15) is 11.8 Å². The number of carbonyl (C=O) groups excluding carboxylic acids is 2. The minimum absolute atomic E-state index is 0.000337. The van der Waals surface area contributed by atoms with Crippen LogP contribution in [0.4, 0.5) is 0 Å². The second kappa shape index (κ2) is 9.33. The minimum atomic E-state index is -1.23. The molecule has 1 aromatic carbocycles. The monoisotopic (exact) mass is 412 g/mol. The lowest BCUT2D eigenvalue weighted by molar-refractivity contribution is -0.140. The number of cyclic esters (lactones) is 1. The molecule has 0 fully saturated rings. The molecule has 0 saturated carbocycles. The van der Waals surface area contributed by atoms with Crippen LogP contribution in [-0.2, 0) is 24.9 Å². The number of amides is 1. The van der Waals surface area contributed by atoms with E-state index in [0.717, 1.165) is 18.0 Å². The van der Waals surface area contributed by atoms with Gasteiger partial charge >= 0.3 is 11.9 Å². The van der Waals surface area contributed by atoms with E-state index in [1.165, 1.54) is 20.3 Å². The highest BCUT2D eigenvalue weighted by Crippen LogP contribution is 2.35. The molecule has 152 valence electrons. The maximum atomic E-state index is 12.7. The van der Waals surface area contributed by atoms with E-state index in [2.05, 4.69) is 15.6 Å². The molecule has 0 aromatic heterocycles. The van der Waals surface area contributed by atoms with Gasteiger partial charge in [0.25, 0.3) is 5.91 Å². The van der Waals surface area contributed by atoms with Gasteiger partial charge in [-0.3, -0.25) is 15.1 Å². The normalized spacial score (nSPS) is 17.8. The smallest absolute Gasteiger partial charge is 0.343 e. The second-order valence-corrected chi connectivity index (χ2v) is 6.73. The molecular weight excluding hydrogens is 392 g/mol. The number of ether oxygens (including phenoxy) is 2. The Balaban J connectivity index is 2.55. The van der Waals surface area contributed by atoms with Crippen molar-refractivity contribution < 1.29 is 38.9 Å². The van der Waals surface area contributed by atoms with E-state index < -0.39 is 23.9 Å². The third-order valence-corrected chi connectivity index (χ3v) is 4.98. The number of phenolic OH excluding ortho intramolecular Hbond substituents is 1. The molecule has 10 nitrogen and oxygen atoms in total. The van der Waals surface area contributed by atoms with Gasteiger partial charge in [0.1, 0.15) is 23.8 Å². The summed E-state index contributed by atoms with van der Waals surface area (Å²) in [4.78, 5) is 41.0. The zero-order valence-electron chi connectivity index (χ0n) is 15.4. The Morgan fingerprint density at radius 1 is 1.39 bits per heavy atom. The topological polar surface area (TPSA) is 143 Å². The summed E-state index contributed by atoms with van der Waals surface area (Å²) in [6.45, 7) is 1.62. The van der Waals surface area contributed by atoms with Crippen molar-refractivity contribution in [1.29, 1.82) is 0 Å². The number of hydrogen-bond acceptors (Lipinski definition) is 9. The molecule has 0 radical (unpaired) electrons. The zero-order chi connectivity index (χ0) is 20.8. The first-order valence-electron chi connectivity index (χ1n) is 8.01. The predicted octanol–water partition coefficient (Wildman–Crippen LogP) is 0.675. The van der Waals surface area contributed by atoms with Crippen LogP contribution >= 0.6 is 11.8 Å². The molecule has 0 unspecified atom stereocenters. The summed E-state index contributed by atoms with van der Waals surface area (Å²) >= 11 is 1.13. The molecule has 1 aliphatic heterocycles. The van der Waals surface area contributed by atoms with Crippen molar-refractivity contribution in [2.75, 3.05) is 20.0 Å². The third-order valence-electron chi connectivity index (χ3n) is 3.92. The molecule has 28 heavy (non-hydrogen) atoms. The number of fused-ring (bicyclic) bond motifs is 1. The minimum Gasteiger partial charge on any atom is -0.507 e. The average Bonchev–Trinajstić information content (AvgIpc) is 2.65. The number of phenols is 1. The van der Waals surface area contributed by atoms with E-state index in [1.807, 2.05) is 0 Å². The van der Waals surface area contributed by atoms with Gasteiger partial charge in [0, 0.05) is 28.7 Å². The number of rotatable bonds is 4. The van der Waals surface area contributed by atoms with E-state index in [9.17, 15) is 24.6 Å². The Kier molecular flexibility index (Phi) is 7.12. The van der Waals surface area contributed by atoms with E-state index in [-0.39, 0.29) is 39.8 Å². The van der Waals surface area contributed by atoms with Crippen LogP contribution in [0.2, 0.25) is 0 Å². The van der Waals surface area contributed by atoms with Gasteiger partial charge in [-0.05, 0) is 6.92 Å². The Morgan fingerprint density at radius 3 is 2.71 bits per heavy atom. The fraction of sp³-hybridized carbons (Fsp3) is 0.353. The Bertz CT molecular complexity index is 824. The molecule has 11 heteroatoms. The Morgan fingerprint density at radius 2 is 2.11 bits per heavy atom. The number of carboxylic acid groups (broad SMARTS) is 1. The summed E-state index contributed by atoms with van der Waals surface area (Å²) in [6.07, 6.45) is 0.814. The number of thioether (sulfide) groups is 1. The number of nitrogens with one attached hydrogen (secondary N) is 2. The highest BCUT2D eigenvalue weighted by Gasteiger charge is 2.27. The molecule has 1 amide bonds. The van der Waals surface area contributed by atoms with Gasteiger partial charge in [0.2, 0.25) is 0 Å². The van der Waals surface area contributed by atoms with Crippen LogP contribution in [-0.4, -0.2) is 54.1 Å². The molecule has 1 aliphatic rings. The van der Waals surface area contributed by atoms with Crippen LogP contribution in [0.25, 0.3) is 0 Å². The lowest BCUT2D eigenvalue weighted by atomic mass is 10.0. The maximum Gasteiger partial charge on any atom is 0.343 e. The molecule has 0 aliphatic carbocycles. The van der Waals surface area contributed by atoms with Crippen molar-refractivity contribution in [2.45, 2.75) is 18.7 Å². The summed E-state index contributed by atoms with van der Waals surface area (Å²) in [5.41, 5.74) is 2.72. The van der Waals surface area contributed by atoms with Gasteiger partial charge in [0.05, 0.1) is 19.8 Å². The lowest BCUT2D eigenvalue weighted by Gasteiger charge is -2.19. The number of carbonyl (C=O) groups is 3. The number of carboxylic acids is 1. The van der Waals surface area contributed by atoms with E-state index in [0.29, 0.717) is 5.56 Å². The lowest BCUT2D eigenvalue weighted by Crippen LogP contribution is -2.45. The van der Waals surface area contributed by atoms with E-state index in [4.69, 9.17) is 9.47 Å². The number of methoxy groups -OCH3 is 1. The quantitative estimate of drug-likeness (QED) is 0.411. The van der Waals surface area contributed by atoms with Crippen LogP contribution in [0.15, 0.2) is 18.0 Å². The van der Waals surface area contributed by atoms with Crippen molar-refractivity contribution >= 4 is 29.6 Å². The second-order valence-electron chi connectivity index (χ2n) is 5.70. The molecule has 2 rings (SSSR count). The number of esters is 1. The summed E-state index contributed by atoms with van der Waals surface area (Å²) in [7, 11) is 2.63. The first-order valence-corrected chi connectivity index (χ1v) is 9.16. The van der Waals surface area contributed by atoms with Crippen molar-refractivity contribution in [3.63, 3.8) is 0 Å². The van der Waals surface area contributed by atoms with Crippen molar-refractivity contribution in [3.8, 4) is 11.5 Å². The first kappa shape index (κ1) is 21.4. The number of hydroxylamine groups is 1. The Hall–Kier alpha value is -2.92. The predicted molar refractivity (Wildman–Crippen MR) is 98.8 cm³/mol. The van der Waals surface area contributed by atoms with Crippen LogP contribution < -0.4 is 15.5 Å². The Labute approximate surface area is 164 Å². The largest absolute Gasteiger partial charge is 0.507 e. The van der Waals surface area contributed by atoms with Crippen LogP contribution in [0.3, 0.4) is 0 Å². The van der Waals surface area contributed by atoms with Crippen molar-refractivity contribution in [2.24, 2.45) is 0 Å². The number of hydrogen-bond donors (Lipinski definition) is 4. The van der Waals surface area contributed by atoms with E-state index in [1.54, 1.807) is 6.92 Å². The van der Waals surface area contributed by atoms with E-state index >= 15 is 0 Å². The highest BCUT2D eigenvalue weighted by molar-refractivity contribution is 7.98. The van der Waals surface area contributed by atoms with Crippen LogP contribution in [0.5, 0.6) is 11.5 Å². The maximum absolute atomic E-state index is 12.7. The average molecular weight is 412 g/mol. The highest BCUT2D eigenvalue weighted by atomic mass is 32.2. The molecule has 1 atom stereocenters. The summed E-state index contributed by atoms with van der Waals surface area (Å²) in [6, 6.07) is 0.164. The van der Waals surface area contributed by atoms with Crippen LogP contribution in [0, 0.1) is 6.92 Å². The molecular formula is C17H20N2O8S. The molecule has 4 N–H and O–H groups in total. The van der Waals surface area contributed by atoms with Crippen molar-refractivity contribution in [1.82, 2.24) is 10.8 Å². The summed E-state index contributed by atoms with van der Waals surface area (Å²) < 4.78 is 10.3. The number of aromatic hydroxyl groups is 1. The van der Waals surface area contributed by atoms with Gasteiger partial charge < -0.3 is 25.0 Å². The van der Waals surface area contributed by atoms with Crippen LogP contribution in [0.1, 0.15) is 21.5 Å². The molecule has 0 saturated heterocycles. The fourth-order valence-corrected chi connectivity index (χ4v) is 3.60. The summed E-state index contributed by atoms with van der Waals surface area (Å²) in [5.74, 6) is -2.66. The molecule has 0 bridgehead atoms. The molecule has 0 spiro atoms. The fourth-order valence-electron chi connectivity index (χ4n) is 2.53. The molecule has 1 aromatic rings. The van der Waals surface area contributed by atoms with Gasteiger partial charge in [-0.25, -0.2) is 9.59 Å².